The van der Waals surface area contributed by atoms with Crippen molar-refractivity contribution in [2.24, 2.45) is 0 Å². The normalized spacial score (nSPS) is 17.4. The average Bonchev–Trinajstić information content (AvgIpc) is 3.09. The number of anilines is 1. The van der Waals surface area contributed by atoms with Crippen LogP contribution in [0.3, 0.4) is 0 Å². The van der Waals surface area contributed by atoms with Gasteiger partial charge in [-0.15, -0.1) is 0 Å². The molecule has 0 radical (unpaired) electrons. The van der Waals surface area contributed by atoms with E-state index in [0.717, 1.165) is 16.9 Å². The Balaban J connectivity index is 1.57. The number of carbonyl (C=O) groups excluding carboxylic acids is 2. The van der Waals surface area contributed by atoms with Gasteiger partial charge in [-0.25, -0.2) is 4.68 Å². The number of hydrogen-bond acceptors (Lipinski definition) is 5. The van der Waals surface area contributed by atoms with Crippen molar-refractivity contribution < 1.29 is 19.1 Å². The van der Waals surface area contributed by atoms with Crippen LogP contribution in [0.5, 0.6) is 11.5 Å². The highest BCUT2D eigenvalue weighted by Gasteiger charge is 2.36. The first-order valence-corrected chi connectivity index (χ1v) is 9.50. The Hall–Kier alpha value is -3.61. The number of amides is 1. The zero-order valence-corrected chi connectivity index (χ0v) is 15.8. The van der Waals surface area contributed by atoms with E-state index >= 15 is 0 Å². The summed E-state index contributed by atoms with van der Waals surface area (Å²) in [6.07, 6.45) is 0.0849. The van der Waals surface area contributed by atoms with Crippen LogP contribution >= 0.6 is 0 Å². The fourth-order valence-electron chi connectivity index (χ4n) is 3.92. The maximum absolute atomic E-state index is 13.4. The van der Waals surface area contributed by atoms with Crippen molar-refractivity contribution in [3.05, 3.63) is 65.4 Å². The van der Waals surface area contributed by atoms with Gasteiger partial charge in [-0.1, -0.05) is 18.2 Å². The van der Waals surface area contributed by atoms with Crippen LogP contribution in [0.1, 0.15) is 34.0 Å². The first kappa shape index (κ1) is 17.5. The number of ketones is 1. The fourth-order valence-corrected chi connectivity index (χ4v) is 3.92. The second-order valence-corrected chi connectivity index (χ2v) is 7.12. The van der Waals surface area contributed by atoms with E-state index in [9.17, 15) is 9.59 Å². The van der Waals surface area contributed by atoms with Crippen molar-refractivity contribution in [3.63, 3.8) is 0 Å². The van der Waals surface area contributed by atoms with Crippen molar-refractivity contribution in [1.29, 1.82) is 0 Å². The second-order valence-electron chi connectivity index (χ2n) is 7.12. The molecule has 3 heterocycles. The molecular formula is C22H19N3O4. The van der Waals surface area contributed by atoms with Crippen molar-refractivity contribution in [1.82, 2.24) is 9.78 Å². The molecule has 7 nitrogen and oxygen atoms in total. The maximum atomic E-state index is 13.4. The number of rotatable bonds is 3. The number of hydrogen-bond donors (Lipinski definition) is 1. The summed E-state index contributed by atoms with van der Waals surface area (Å²) in [5.74, 6) is 0.807. The van der Waals surface area contributed by atoms with Gasteiger partial charge in [-0.3, -0.25) is 9.59 Å². The van der Waals surface area contributed by atoms with Crippen LogP contribution in [0.15, 0.2) is 48.5 Å². The summed E-state index contributed by atoms with van der Waals surface area (Å²) >= 11 is 0. The number of carbonyl (C=O) groups is 2. The summed E-state index contributed by atoms with van der Waals surface area (Å²) in [7, 11) is 0. The van der Waals surface area contributed by atoms with Crippen molar-refractivity contribution in [3.8, 4) is 17.2 Å². The maximum Gasteiger partial charge on any atom is 0.226 e. The van der Waals surface area contributed by atoms with Crippen LogP contribution in [-0.2, 0) is 4.79 Å². The number of fused-ring (bicyclic) bond motifs is 2. The lowest BCUT2D eigenvalue weighted by Crippen LogP contribution is -2.28. The van der Waals surface area contributed by atoms with Crippen molar-refractivity contribution >= 4 is 17.5 Å². The zero-order chi connectivity index (χ0) is 20.0. The van der Waals surface area contributed by atoms with Crippen LogP contribution in [0, 0.1) is 6.92 Å². The molecule has 7 heteroatoms. The van der Waals surface area contributed by atoms with E-state index in [2.05, 4.69) is 10.4 Å². The lowest BCUT2D eigenvalue weighted by molar-refractivity contribution is -0.116. The van der Waals surface area contributed by atoms with Gasteiger partial charge in [-0.05, 0) is 37.3 Å². The van der Waals surface area contributed by atoms with Crippen LogP contribution in [0.4, 0.5) is 5.82 Å². The second kappa shape index (κ2) is 6.77. The monoisotopic (exact) mass is 389 g/mol. The molecule has 0 spiro atoms. The third-order valence-corrected chi connectivity index (χ3v) is 5.25. The van der Waals surface area contributed by atoms with E-state index < -0.39 is 5.92 Å². The Kier molecular flexibility index (Phi) is 4.08. The molecule has 29 heavy (non-hydrogen) atoms. The highest BCUT2D eigenvalue weighted by molar-refractivity contribution is 6.08. The van der Waals surface area contributed by atoms with Gasteiger partial charge < -0.3 is 14.8 Å². The van der Waals surface area contributed by atoms with E-state index in [1.165, 1.54) is 0 Å². The fraction of sp³-hybridized carbons (Fsp3) is 0.227. The van der Waals surface area contributed by atoms with Gasteiger partial charge >= 0.3 is 0 Å². The van der Waals surface area contributed by atoms with Gasteiger partial charge in [0.2, 0.25) is 5.91 Å². The molecule has 0 bridgehead atoms. The average molecular weight is 389 g/mol. The predicted molar refractivity (Wildman–Crippen MR) is 106 cm³/mol. The molecule has 0 saturated heterocycles. The number of ether oxygens (including phenoxy) is 2. The molecule has 2 aromatic carbocycles. The predicted octanol–water partition coefficient (Wildman–Crippen LogP) is 3.26. The molecule has 1 N–H and O–H groups in total. The third-order valence-electron chi connectivity index (χ3n) is 5.25. The van der Waals surface area contributed by atoms with E-state index in [1.54, 1.807) is 22.9 Å². The molecule has 0 fully saturated rings. The molecule has 1 atom stereocenters. The Morgan fingerprint density at radius 1 is 1.10 bits per heavy atom. The third kappa shape index (κ3) is 2.95. The van der Waals surface area contributed by atoms with E-state index in [1.807, 2.05) is 37.3 Å². The molecule has 0 aliphatic carbocycles. The molecule has 1 aromatic heterocycles. The van der Waals surface area contributed by atoms with E-state index in [-0.39, 0.29) is 18.1 Å². The summed E-state index contributed by atoms with van der Waals surface area (Å²) in [6.45, 7) is 2.80. The Morgan fingerprint density at radius 2 is 1.86 bits per heavy atom. The largest absolute Gasteiger partial charge is 0.486 e. The molecule has 1 amide bonds. The zero-order valence-electron chi connectivity index (χ0n) is 15.8. The molecule has 3 aromatic rings. The van der Waals surface area contributed by atoms with Crippen LogP contribution in [0.25, 0.3) is 5.69 Å². The number of aryl methyl sites for hydroxylation is 1. The molecule has 0 saturated carbocycles. The molecule has 146 valence electrons. The molecule has 2 aliphatic rings. The Morgan fingerprint density at radius 3 is 2.66 bits per heavy atom. The lowest BCUT2D eigenvalue weighted by Gasteiger charge is -2.24. The van der Waals surface area contributed by atoms with Gasteiger partial charge in [-0.2, -0.15) is 5.10 Å². The topological polar surface area (TPSA) is 82.5 Å². The van der Waals surface area contributed by atoms with Crippen LogP contribution in [0.2, 0.25) is 0 Å². The first-order chi connectivity index (χ1) is 14.1. The molecule has 1 unspecified atom stereocenters. The standard InChI is InChI=1S/C22H19N3O4/c1-13-20-16(21(27)14-7-8-17-18(11-14)29-10-9-28-17)12-19(26)23-22(20)25(24-13)15-5-3-2-4-6-15/h2-8,11,16H,9-10,12H2,1H3,(H,23,26). The van der Waals surface area contributed by atoms with Crippen LogP contribution < -0.4 is 14.8 Å². The number of nitrogens with zero attached hydrogens (tertiary/aromatic N) is 2. The molecule has 5 rings (SSSR count). The summed E-state index contributed by atoms with van der Waals surface area (Å²) in [5.41, 5.74) is 2.80. The Labute approximate surface area is 167 Å². The van der Waals surface area contributed by atoms with Gasteiger partial charge in [0.05, 0.1) is 17.3 Å². The van der Waals surface area contributed by atoms with Gasteiger partial charge in [0, 0.05) is 17.5 Å². The summed E-state index contributed by atoms with van der Waals surface area (Å²) < 4.78 is 12.8. The van der Waals surface area contributed by atoms with Gasteiger partial charge in [0.15, 0.2) is 17.3 Å². The number of para-hydroxylation sites is 1. The summed E-state index contributed by atoms with van der Waals surface area (Å²) in [4.78, 5) is 25.8. The molecule has 2 aliphatic heterocycles. The van der Waals surface area contributed by atoms with E-state index in [0.29, 0.717) is 36.1 Å². The van der Waals surface area contributed by atoms with Gasteiger partial charge in [0.1, 0.15) is 19.0 Å². The number of aromatic nitrogens is 2. The lowest BCUT2D eigenvalue weighted by atomic mass is 9.85. The minimum absolute atomic E-state index is 0.0849. The van der Waals surface area contributed by atoms with Crippen molar-refractivity contribution in [2.75, 3.05) is 18.5 Å². The highest BCUT2D eigenvalue weighted by Crippen LogP contribution is 2.39. The number of benzene rings is 2. The molecular weight excluding hydrogens is 370 g/mol. The van der Waals surface area contributed by atoms with E-state index in [4.69, 9.17) is 9.47 Å². The summed E-state index contributed by atoms with van der Waals surface area (Å²) in [5, 5.41) is 7.50. The summed E-state index contributed by atoms with van der Waals surface area (Å²) in [6, 6.07) is 14.7. The van der Waals surface area contributed by atoms with Crippen molar-refractivity contribution in [2.45, 2.75) is 19.3 Å². The highest BCUT2D eigenvalue weighted by atomic mass is 16.6. The smallest absolute Gasteiger partial charge is 0.226 e. The van der Waals surface area contributed by atoms with Gasteiger partial charge in [0.25, 0.3) is 0 Å². The Bertz CT molecular complexity index is 1120. The number of nitrogens with one attached hydrogen (secondary N) is 1. The number of Topliss-reactive ketones (excluding diaryl/α,β-unsaturated/α-hetero) is 1. The minimum atomic E-state index is -0.598. The SMILES string of the molecule is Cc1nn(-c2ccccc2)c2c1C(C(=O)c1ccc3c(c1)OCCO3)CC(=O)N2. The van der Waals surface area contributed by atoms with Crippen LogP contribution in [-0.4, -0.2) is 34.7 Å². The minimum Gasteiger partial charge on any atom is -0.486 e. The quantitative estimate of drug-likeness (QED) is 0.696. The first-order valence-electron chi connectivity index (χ1n) is 9.50.